The van der Waals surface area contributed by atoms with Gasteiger partial charge >= 0.3 is 6.18 Å². The molecule has 0 atom stereocenters. The third-order valence-corrected chi connectivity index (χ3v) is 6.93. The summed E-state index contributed by atoms with van der Waals surface area (Å²) in [5.41, 5.74) is 1.26. The first kappa shape index (κ1) is 30.0. The highest BCUT2D eigenvalue weighted by Gasteiger charge is 2.34. The van der Waals surface area contributed by atoms with E-state index in [1.165, 1.54) is 24.5 Å². The molecule has 10 nitrogen and oxygen atoms in total. The number of sulfonamides is 1. The van der Waals surface area contributed by atoms with Crippen molar-refractivity contribution in [3.63, 3.8) is 0 Å². The summed E-state index contributed by atoms with van der Waals surface area (Å²) in [5, 5.41) is 8.94. The molecule has 0 radical (unpaired) electrons. The fraction of sp³-hybridized carbons (Fsp3) is 0.143. The summed E-state index contributed by atoms with van der Waals surface area (Å²) < 4.78 is 64.8. The molecule has 0 saturated carbocycles. The predicted octanol–water partition coefficient (Wildman–Crippen LogP) is 5.81. The molecule has 0 fully saturated rings. The number of allylic oxidation sites excluding steroid dienone is 3. The summed E-state index contributed by atoms with van der Waals surface area (Å²) in [6.45, 7) is 4.94. The number of hydrogen-bond acceptors (Lipinski definition) is 7. The second-order valence-corrected chi connectivity index (χ2v) is 10.7. The number of hydrogen-bond donors (Lipinski definition) is 4. The second-order valence-electron chi connectivity index (χ2n) is 9.12. The molecule has 42 heavy (non-hydrogen) atoms. The van der Waals surface area contributed by atoms with Gasteiger partial charge in [0.25, 0.3) is 21.8 Å². The third-order valence-electron chi connectivity index (χ3n) is 5.97. The minimum atomic E-state index is -4.54. The van der Waals surface area contributed by atoms with Crippen LogP contribution in [0.5, 0.6) is 0 Å². The quantitative estimate of drug-likeness (QED) is 0.243. The summed E-state index contributed by atoms with van der Waals surface area (Å²) in [5.74, 6) is -1.02. The number of nitrogens with zero attached hydrogens (tertiary/aromatic N) is 2. The summed E-state index contributed by atoms with van der Waals surface area (Å²) in [6.07, 6.45) is 0.315. The fourth-order valence-corrected chi connectivity index (χ4v) is 4.42. The van der Waals surface area contributed by atoms with E-state index in [4.69, 9.17) is 0 Å². The Morgan fingerprint density at radius 2 is 1.64 bits per heavy atom. The van der Waals surface area contributed by atoms with Crippen LogP contribution in [-0.2, 0) is 14.8 Å². The van der Waals surface area contributed by atoms with Crippen molar-refractivity contribution in [2.45, 2.75) is 25.9 Å². The van der Waals surface area contributed by atoms with E-state index in [9.17, 15) is 31.2 Å². The van der Waals surface area contributed by atoms with Gasteiger partial charge in [-0.2, -0.15) is 13.2 Å². The summed E-state index contributed by atoms with van der Waals surface area (Å²) in [6, 6.07) is 11.0. The Morgan fingerprint density at radius 3 is 2.33 bits per heavy atom. The average Bonchev–Trinajstić information content (AvgIpc) is 2.94. The minimum absolute atomic E-state index is 0.00737. The zero-order chi connectivity index (χ0) is 30.5. The molecule has 4 N–H and O–H groups in total. The van der Waals surface area contributed by atoms with Crippen LogP contribution in [0.2, 0.25) is 0 Å². The Morgan fingerprint density at radius 1 is 0.952 bits per heavy atom. The largest absolute Gasteiger partial charge is 0.416 e. The van der Waals surface area contributed by atoms with Crippen molar-refractivity contribution in [1.29, 1.82) is 0 Å². The van der Waals surface area contributed by atoms with Gasteiger partial charge in [-0.15, -0.1) is 0 Å². The highest BCUT2D eigenvalue weighted by molar-refractivity contribution is 7.95. The van der Waals surface area contributed by atoms with Gasteiger partial charge in [0.15, 0.2) is 0 Å². The van der Waals surface area contributed by atoms with E-state index in [0.29, 0.717) is 16.9 Å². The molecule has 14 heteroatoms. The number of amides is 2. The van der Waals surface area contributed by atoms with Crippen LogP contribution in [0, 0.1) is 6.92 Å². The molecule has 2 aromatic carbocycles. The first-order valence-corrected chi connectivity index (χ1v) is 13.9. The smallest absolute Gasteiger partial charge is 0.324 e. The summed E-state index contributed by atoms with van der Waals surface area (Å²) in [7, 11) is -3.67. The van der Waals surface area contributed by atoms with Gasteiger partial charge in [0.2, 0.25) is 5.95 Å². The van der Waals surface area contributed by atoms with Gasteiger partial charge in [-0.3, -0.25) is 14.3 Å². The number of aromatic nitrogens is 2. The van der Waals surface area contributed by atoms with Crippen LogP contribution in [0.4, 0.5) is 41.9 Å². The topological polar surface area (TPSA) is 142 Å². The first-order valence-electron chi connectivity index (χ1n) is 12.4. The molecule has 0 aliphatic heterocycles. The van der Waals surface area contributed by atoms with Crippen molar-refractivity contribution in [3.05, 3.63) is 101 Å². The molecule has 4 rings (SSSR count). The number of anilines is 5. The normalized spacial score (nSPS) is 13.3. The first-order chi connectivity index (χ1) is 19.8. The van der Waals surface area contributed by atoms with E-state index in [0.717, 1.165) is 17.6 Å². The molecule has 1 heterocycles. The van der Waals surface area contributed by atoms with E-state index in [1.54, 1.807) is 37.3 Å². The number of carbonyl (C=O) groups excluding carboxylic acids is 2. The van der Waals surface area contributed by atoms with Crippen molar-refractivity contribution in [2.24, 2.45) is 0 Å². The highest BCUT2D eigenvalue weighted by Crippen LogP contribution is 2.32. The highest BCUT2D eigenvalue weighted by atomic mass is 32.2. The monoisotopic (exact) mass is 598 g/mol. The Kier molecular flexibility index (Phi) is 8.76. The van der Waals surface area contributed by atoms with Crippen LogP contribution in [0.15, 0.2) is 90.1 Å². The van der Waals surface area contributed by atoms with Crippen LogP contribution in [0.3, 0.4) is 0 Å². The van der Waals surface area contributed by atoms with E-state index in [-0.39, 0.29) is 41.3 Å². The zero-order valence-electron chi connectivity index (χ0n) is 22.1. The molecule has 0 saturated heterocycles. The lowest BCUT2D eigenvalue weighted by atomic mass is 9.98. The molecule has 0 bridgehead atoms. The maximum absolute atomic E-state index is 13.0. The molecule has 2 amide bonds. The number of halogens is 3. The third kappa shape index (κ3) is 7.81. The Labute approximate surface area is 239 Å². The van der Waals surface area contributed by atoms with Crippen LogP contribution in [0.1, 0.15) is 28.8 Å². The van der Waals surface area contributed by atoms with Crippen molar-refractivity contribution in [2.75, 3.05) is 20.7 Å². The lowest BCUT2D eigenvalue weighted by molar-refractivity contribution is -0.113. The van der Waals surface area contributed by atoms with Crippen molar-refractivity contribution in [1.82, 2.24) is 9.97 Å². The van der Waals surface area contributed by atoms with Crippen LogP contribution >= 0.6 is 0 Å². The van der Waals surface area contributed by atoms with Crippen molar-refractivity contribution in [3.8, 4) is 0 Å². The lowest BCUT2D eigenvalue weighted by Gasteiger charge is -2.16. The van der Waals surface area contributed by atoms with E-state index >= 15 is 0 Å². The van der Waals surface area contributed by atoms with Crippen LogP contribution in [-0.4, -0.2) is 36.4 Å². The number of rotatable bonds is 9. The van der Waals surface area contributed by atoms with Gasteiger partial charge in [0.1, 0.15) is 0 Å². The number of alkyl halides is 3. The van der Waals surface area contributed by atoms with Gasteiger partial charge in [-0.1, -0.05) is 24.8 Å². The van der Waals surface area contributed by atoms with E-state index in [2.05, 4.69) is 37.2 Å². The van der Waals surface area contributed by atoms with E-state index in [1.807, 2.05) is 0 Å². The lowest BCUT2D eigenvalue weighted by Crippen LogP contribution is -2.20. The molecule has 218 valence electrons. The Hall–Kier alpha value is -4.98. The van der Waals surface area contributed by atoms with Gasteiger partial charge in [0.05, 0.1) is 29.3 Å². The van der Waals surface area contributed by atoms with Gasteiger partial charge in [0, 0.05) is 27.9 Å². The van der Waals surface area contributed by atoms with Gasteiger partial charge < -0.3 is 16.0 Å². The fourth-order valence-electron chi connectivity index (χ4n) is 3.89. The SMILES string of the molecule is C=CS(=O)(=O)Nc1cccc(Nc2ncc(NC(=O)c3cc(NC(=O)C4=CC(C(F)(F)F)=CCC4)ccc3C)cn2)c1. The van der Waals surface area contributed by atoms with Gasteiger partial charge in [-0.05, 0) is 61.7 Å². The maximum atomic E-state index is 13.0. The maximum Gasteiger partial charge on any atom is 0.416 e. The van der Waals surface area contributed by atoms with Crippen molar-refractivity contribution >= 4 is 50.5 Å². The predicted molar refractivity (Wildman–Crippen MR) is 154 cm³/mol. The summed E-state index contributed by atoms with van der Waals surface area (Å²) in [4.78, 5) is 33.9. The van der Waals surface area contributed by atoms with Crippen LogP contribution in [0.25, 0.3) is 0 Å². The van der Waals surface area contributed by atoms with Crippen molar-refractivity contribution < 1.29 is 31.2 Å². The molecular formula is C28H25F3N6O4S. The standard InChI is InChI=1S/C28H25F3N6O4S/c1-3-42(40,41)37-22-9-5-8-20(13-22)36-27-32-15-23(16-33-27)35-26(39)24-14-21(11-10-17(24)2)34-25(38)18-6-4-7-19(12-18)28(29,30)31/h3,5,7-16,37H,1,4,6H2,2H3,(H,34,38)(H,35,39)(H,32,33,36). The number of aryl methyl sites for hydroxylation is 1. The molecule has 1 aliphatic carbocycles. The molecule has 3 aromatic rings. The van der Waals surface area contributed by atoms with Crippen LogP contribution < -0.4 is 20.7 Å². The summed E-state index contributed by atoms with van der Waals surface area (Å²) >= 11 is 0. The minimum Gasteiger partial charge on any atom is -0.324 e. The average molecular weight is 599 g/mol. The zero-order valence-corrected chi connectivity index (χ0v) is 22.9. The molecular weight excluding hydrogens is 573 g/mol. The molecule has 0 unspecified atom stereocenters. The number of nitrogens with one attached hydrogen (secondary N) is 4. The number of carbonyl (C=O) groups is 2. The molecule has 1 aromatic heterocycles. The Balaban J connectivity index is 1.41. The number of benzene rings is 2. The van der Waals surface area contributed by atoms with E-state index < -0.39 is 33.6 Å². The molecule has 0 spiro atoms. The van der Waals surface area contributed by atoms with Gasteiger partial charge in [-0.25, -0.2) is 18.4 Å². The second kappa shape index (κ2) is 12.3. The Bertz CT molecular complexity index is 1700. The molecule has 1 aliphatic rings.